The summed E-state index contributed by atoms with van der Waals surface area (Å²) in [6.07, 6.45) is 13.7. The van der Waals surface area contributed by atoms with E-state index >= 15 is 0 Å². The predicted octanol–water partition coefficient (Wildman–Crippen LogP) is 5.13. The minimum atomic E-state index is -3.88. The first-order chi connectivity index (χ1) is 9.83. The van der Waals surface area contributed by atoms with Crippen molar-refractivity contribution in [2.24, 2.45) is 0 Å². The normalized spacial score (nSPS) is 12.6. The lowest BCUT2D eigenvalue weighted by molar-refractivity contribution is 0.444. The van der Waals surface area contributed by atoms with Gasteiger partial charge in [-0.3, -0.25) is 4.55 Å². The lowest BCUT2D eigenvalue weighted by Gasteiger charge is -2.27. The van der Waals surface area contributed by atoms with Crippen molar-refractivity contribution in [3.63, 3.8) is 0 Å². The minimum absolute atomic E-state index is 0.0818. The van der Waals surface area contributed by atoms with Crippen LogP contribution in [0.2, 0.25) is 5.31 Å². The van der Waals surface area contributed by atoms with E-state index < -0.39 is 9.97 Å². The molecule has 0 saturated carbocycles. The number of hydrogen-bond donors (Lipinski definition) is 1. The van der Waals surface area contributed by atoms with Gasteiger partial charge in [0.1, 0.15) is 0 Å². The predicted molar refractivity (Wildman–Crippen MR) is 93.8 cm³/mol. The van der Waals surface area contributed by atoms with Crippen molar-refractivity contribution in [3.05, 3.63) is 0 Å². The van der Waals surface area contributed by atoms with E-state index in [0.29, 0.717) is 0 Å². The summed E-state index contributed by atoms with van der Waals surface area (Å²) < 4.78 is 31.8. The number of rotatable bonds is 14. The van der Waals surface area contributed by atoms with Gasteiger partial charge in [0.15, 0.2) is 0 Å². The van der Waals surface area contributed by atoms with E-state index in [-0.39, 0.29) is 11.9 Å². The van der Waals surface area contributed by atoms with Gasteiger partial charge in [0.2, 0.25) is 9.97 Å². The summed E-state index contributed by atoms with van der Waals surface area (Å²) in [5, 5.41) is -0.258. The van der Waals surface area contributed by atoms with Crippen LogP contribution in [0, 0.1) is 0 Å². The summed E-state index contributed by atoms with van der Waals surface area (Å²) >= 11 is 0. The largest absolute Gasteiger partial charge is 0.315 e. The van der Waals surface area contributed by atoms with E-state index in [2.05, 4.69) is 13.8 Å². The summed E-state index contributed by atoms with van der Waals surface area (Å²) in [4.78, 5) is 0. The fourth-order valence-corrected chi connectivity index (χ4v) is 4.19. The third-order valence-corrected chi connectivity index (χ3v) is 5.36. The summed E-state index contributed by atoms with van der Waals surface area (Å²) in [6, 6.07) is 0. The molecule has 0 spiro atoms. The van der Waals surface area contributed by atoms with Crippen molar-refractivity contribution in [1.29, 1.82) is 0 Å². The molecule has 0 aromatic rings. The highest BCUT2D eigenvalue weighted by atomic mass is 32.2. The highest BCUT2D eigenvalue weighted by Gasteiger charge is 2.31. The standard InChI is InChI=1S/C16H35BO3S/c1-4-6-8-10-12-14-16(3,17-21(18,19)20)15-13-11-9-7-5-2/h17H,4-15H2,1-3H3,(H,18,19,20). The second-order valence-electron chi connectivity index (χ2n) is 6.87. The molecule has 0 rings (SSSR count). The van der Waals surface area contributed by atoms with Gasteiger partial charge in [0.25, 0.3) is 0 Å². The summed E-state index contributed by atoms with van der Waals surface area (Å²) in [5.74, 6) is 0. The molecule has 0 saturated heterocycles. The molecule has 0 amide bonds. The molecule has 0 aliphatic rings. The molecule has 0 radical (unpaired) electrons. The highest BCUT2D eigenvalue weighted by molar-refractivity contribution is 8.11. The molecule has 1 N–H and O–H groups in total. The minimum Gasteiger partial charge on any atom is -0.295 e. The molecule has 0 atom stereocenters. The molecule has 0 aliphatic heterocycles. The maximum absolute atomic E-state index is 11.3. The molecule has 3 nitrogen and oxygen atoms in total. The Kier molecular flexibility index (Phi) is 11.5. The van der Waals surface area contributed by atoms with Crippen LogP contribution < -0.4 is 0 Å². The average molecular weight is 318 g/mol. The van der Waals surface area contributed by atoms with E-state index in [1.54, 1.807) is 0 Å². The Bertz CT molecular complexity index is 327. The zero-order valence-corrected chi connectivity index (χ0v) is 15.2. The molecule has 0 heterocycles. The van der Waals surface area contributed by atoms with Crippen molar-refractivity contribution in [2.45, 2.75) is 103 Å². The molecule has 0 fully saturated rings. The van der Waals surface area contributed by atoms with Crippen molar-refractivity contribution >= 4 is 16.5 Å². The Hall–Kier alpha value is -0.0251. The van der Waals surface area contributed by atoms with Gasteiger partial charge in [-0.25, -0.2) is 8.42 Å². The first-order valence-electron chi connectivity index (χ1n) is 8.78. The first-order valence-corrected chi connectivity index (χ1v) is 10.4. The third-order valence-electron chi connectivity index (χ3n) is 4.30. The van der Waals surface area contributed by atoms with Crippen LogP contribution in [0.5, 0.6) is 0 Å². The van der Waals surface area contributed by atoms with E-state index in [1.807, 2.05) is 6.92 Å². The molecule has 0 unspecified atom stereocenters. The van der Waals surface area contributed by atoms with Crippen LogP contribution in [0.1, 0.15) is 97.8 Å². The molecule has 126 valence electrons. The van der Waals surface area contributed by atoms with Crippen molar-refractivity contribution in [3.8, 4) is 0 Å². The Labute approximate surface area is 133 Å². The quantitative estimate of drug-likeness (QED) is 0.274. The molecular formula is C16H35BO3S. The monoisotopic (exact) mass is 318 g/mol. The van der Waals surface area contributed by atoms with Crippen molar-refractivity contribution in [2.75, 3.05) is 0 Å². The average Bonchev–Trinajstić information content (AvgIpc) is 2.36. The smallest absolute Gasteiger partial charge is 0.295 e. The summed E-state index contributed by atoms with van der Waals surface area (Å²) in [5.41, 5.74) is 0. The van der Waals surface area contributed by atoms with Crippen LogP contribution in [-0.2, 0) is 9.97 Å². The maximum atomic E-state index is 11.3. The first kappa shape index (κ1) is 21.0. The Morgan fingerprint density at radius 1 is 0.810 bits per heavy atom. The second-order valence-corrected chi connectivity index (χ2v) is 8.32. The van der Waals surface area contributed by atoms with Gasteiger partial charge < -0.3 is 0 Å². The van der Waals surface area contributed by atoms with Crippen molar-refractivity contribution in [1.82, 2.24) is 0 Å². The summed E-state index contributed by atoms with van der Waals surface area (Å²) in [6.45, 7) is 6.33. The van der Waals surface area contributed by atoms with E-state index in [9.17, 15) is 13.0 Å². The lowest BCUT2D eigenvalue weighted by atomic mass is 9.63. The molecule has 21 heavy (non-hydrogen) atoms. The zero-order valence-electron chi connectivity index (χ0n) is 14.4. The van der Waals surface area contributed by atoms with E-state index in [4.69, 9.17) is 0 Å². The topological polar surface area (TPSA) is 54.4 Å². The van der Waals surface area contributed by atoms with Crippen LogP contribution in [0.3, 0.4) is 0 Å². The fourth-order valence-electron chi connectivity index (χ4n) is 3.02. The SMILES string of the molecule is CCCCCCCC(C)(BS(=O)(=O)O)CCCCCCC. The zero-order chi connectivity index (χ0) is 16.2. The molecule has 5 heteroatoms. The van der Waals surface area contributed by atoms with Gasteiger partial charge in [0, 0.05) is 0 Å². The molecule has 0 aromatic heterocycles. The maximum Gasteiger partial charge on any atom is 0.315 e. The van der Waals surface area contributed by atoms with Gasteiger partial charge in [-0.2, -0.15) is 0 Å². The molecular weight excluding hydrogens is 283 g/mol. The van der Waals surface area contributed by atoms with Crippen molar-refractivity contribution < 1.29 is 13.0 Å². The van der Waals surface area contributed by atoms with Gasteiger partial charge >= 0.3 is 6.56 Å². The number of unbranched alkanes of at least 4 members (excludes halogenated alkanes) is 8. The van der Waals surface area contributed by atoms with Crippen LogP contribution in [0.4, 0.5) is 0 Å². The van der Waals surface area contributed by atoms with Gasteiger partial charge in [-0.1, -0.05) is 97.8 Å². The van der Waals surface area contributed by atoms with Crippen LogP contribution in [-0.4, -0.2) is 19.5 Å². The van der Waals surface area contributed by atoms with Gasteiger partial charge in [-0.05, 0) is 5.31 Å². The lowest BCUT2D eigenvalue weighted by Crippen LogP contribution is -2.24. The van der Waals surface area contributed by atoms with Crippen LogP contribution in [0.25, 0.3) is 0 Å². The van der Waals surface area contributed by atoms with E-state index in [0.717, 1.165) is 25.7 Å². The molecule has 0 aliphatic carbocycles. The molecule has 0 bridgehead atoms. The van der Waals surface area contributed by atoms with Gasteiger partial charge in [0.05, 0.1) is 0 Å². The highest BCUT2D eigenvalue weighted by Crippen LogP contribution is 2.38. The summed E-state index contributed by atoms with van der Waals surface area (Å²) in [7, 11) is -3.88. The second kappa shape index (κ2) is 11.5. The fraction of sp³-hybridized carbons (Fsp3) is 1.00. The molecule has 0 aromatic carbocycles. The number of hydrogen-bond acceptors (Lipinski definition) is 2. The Balaban J connectivity index is 4.21. The Morgan fingerprint density at radius 3 is 1.52 bits per heavy atom. The van der Waals surface area contributed by atoms with Crippen LogP contribution in [0.15, 0.2) is 0 Å². The van der Waals surface area contributed by atoms with Gasteiger partial charge in [-0.15, -0.1) is 0 Å². The van der Waals surface area contributed by atoms with E-state index in [1.165, 1.54) is 51.4 Å². The van der Waals surface area contributed by atoms with Crippen LogP contribution >= 0.6 is 0 Å². The Morgan fingerprint density at radius 2 is 1.19 bits per heavy atom. The third kappa shape index (κ3) is 13.4.